The quantitative estimate of drug-likeness (QED) is 0.901. The lowest BCUT2D eigenvalue weighted by Crippen LogP contribution is -2.14. The lowest BCUT2D eigenvalue weighted by molar-refractivity contribution is -0.114. The molecule has 2 N–H and O–H groups in total. The minimum Gasteiger partial charge on any atom is -0.326 e. The van der Waals surface area contributed by atoms with Crippen molar-refractivity contribution in [2.24, 2.45) is 0 Å². The number of carbonyl (C=O) groups is 1. The van der Waals surface area contributed by atoms with Gasteiger partial charge in [-0.15, -0.1) is 0 Å². The lowest BCUT2D eigenvalue weighted by atomic mass is 10.1. The van der Waals surface area contributed by atoms with Crippen molar-refractivity contribution in [2.45, 2.75) is 32.6 Å². The molecule has 0 spiro atoms. The zero-order chi connectivity index (χ0) is 17.2. The Hall–Kier alpha value is -2.34. The Bertz CT molecular complexity index is 841. The number of sulfonamides is 1. The van der Waals surface area contributed by atoms with Crippen molar-refractivity contribution >= 4 is 27.3 Å². The van der Waals surface area contributed by atoms with Gasteiger partial charge in [0.2, 0.25) is 5.91 Å². The van der Waals surface area contributed by atoms with Crippen molar-refractivity contribution in [1.82, 2.24) is 0 Å². The van der Waals surface area contributed by atoms with E-state index in [2.05, 4.69) is 10.0 Å². The third-order valence-electron chi connectivity index (χ3n) is 3.57. The second kappa shape index (κ2) is 6.42. The van der Waals surface area contributed by atoms with Crippen LogP contribution in [0.3, 0.4) is 0 Å². The van der Waals surface area contributed by atoms with Gasteiger partial charge in [-0.25, -0.2) is 8.42 Å². The Labute approximate surface area is 136 Å². The van der Waals surface area contributed by atoms with Gasteiger partial charge in [0.25, 0.3) is 10.0 Å². The fraction of sp³-hybridized carbons (Fsp3) is 0.235. The van der Waals surface area contributed by atoms with E-state index in [9.17, 15) is 13.2 Å². The van der Waals surface area contributed by atoms with E-state index in [1.54, 1.807) is 12.1 Å². The number of rotatable bonds is 4. The van der Waals surface area contributed by atoms with Gasteiger partial charge in [0.05, 0.1) is 10.6 Å². The van der Waals surface area contributed by atoms with Crippen LogP contribution >= 0.6 is 0 Å². The van der Waals surface area contributed by atoms with Crippen molar-refractivity contribution < 1.29 is 13.2 Å². The number of amides is 1. The van der Waals surface area contributed by atoms with Crippen LogP contribution in [-0.2, 0) is 14.8 Å². The summed E-state index contributed by atoms with van der Waals surface area (Å²) in [5.74, 6) is -0.204. The molecule has 5 nitrogen and oxygen atoms in total. The molecule has 0 radical (unpaired) electrons. The predicted molar refractivity (Wildman–Crippen MR) is 92.2 cm³/mol. The van der Waals surface area contributed by atoms with Gasteiger partial charge in [0.1, 0.15) is 0 Å². The third-order valence-corrected chi connectivity index (χ3v) is 4.95. The van der Waals surface area contributed by atoms with Crippen LogP contribution in [0.4, 0.5) is 11.4 Å². The number of hydrogen-bond donors (Lipinski definition) is 2. The van der Waals surface area contributed by atoms with Crippen LogP contribution in [0.25, 0.3) is 0 Å². The standard InChI is InChI=1S/C17H20N2O3S/c1-11-9-13(3)17(10-12(11)2)19-23(21,22)16-7-5-15(6-8-16)18-14(4)20/h5-10,19H,1-4H3,(H,18,20). The topological polar surface area (TPSA) is 75.3 Å². The van der Waals surface area contributed by atoms with Crippen LogP contribution in [0.2, 0.25) is 0 Å². The smallest absolute Gasteiger partial charge is 0.261 e. The monoisotopic (exact) mass is 332 g/mol. The van der Waals surface area contributed by atoms with Crippen molar-refractivity contribution in [2.75, 3.05) is 10.0 Å². The maximum absolute atomic E-state index is 12.5. The molecular formula is C17H20N2O3S. The van der Waals surface area contributed by atoms with E-state index in [0.717, 1.165) is 16.7 Å². The molecular weight excluding hydrogens is 312 g/mol. The molecule has 0 saturated carbocycles. The minimum absolute atomic E-state index is 0.143. The summed E-state index contributed by atoms with van der Waals surface area (Å²) in [6.07, 6.45) is 0. The van der Waals surface area contributed by atoms with Crippen LogP contribution in [0.15, 0.2) is 41.3 Å². The highest BCUT2D eigenvalue weighted by Crippen LogP contribution is 2.24. The number of aryl methyl sites for hydroxylation is 3. The zero-order valence-electron chi connectivity index (χ0n) is 13.6. The summed E-state index contributed by atoms with van der Waals surface area (Å²) in [7, 11) is -3.67. The fourth-order valence-electron chi connectivity index (χ4n) is 2.19. The van der Waals surface area contributed by atoms with E-state index >= 15 is 0 Å². The summed E-state index contributed by atoms with van der Waals surface area (Å²) < 4.78 is 27.6. The molecule has 2 rings (SSSR count). The van der Waals surface area contributed by atoms with Crippen molar-refractivity contribution in [1.29, 1.82) is 0 Å². The number of benzene rings is 2. The lowest BCUT2D eigenvalue weighted by Gasteiger charge is -2.13. The summed E-state index contributed by atoms with van der Waals surface area (Å²) in [5.41, 5.74) is 4.13. The summed E-state index contributed by atoms with van der Waals surface area (Å²) in [5, 5.41) is 2.60. The summed E-state index contributed by atoms with van der Waals surface area (Å²) in [4.78, 5) is 11.1. The minimum atomic E-state index is -3.67. The van der Waals surface area contributed by atoms with E-state index in [-0.39, 0.29) is 10.8 Å². The first-order valence-electron chi connectivity index (χ1n) is 7.17. The second-order valence-electron chi connectivity index (χ2n) is 5.56. The first kappa shape index (κ1) is 17.0. The second-order valence-corrected chi connectivity index (χ2v) is 7.24. The normalized spacial score (nSPS) is 11.1. The molecule has 0 bridgehead atoms. The summed E-state index contributed by atoms with van der Waals surface area (Å²) in [6.45, 7) is 7.19. The van der Waals surface area contributed by atoms with Gasteiger partial charge < -0.3 is 5.32 Å². The number of nitrogens with one attached hydrogen (secondary N) is 2. The maximum Gasteiger partial charge on any atom is 0.261 e. The number of anilines is 2. The van der Waals surface area contributed by atoms with Crippen molar-refractivity contribution in [3.05, 3.63) is 53.1 Å². The van der Waals surface area contributed by atoms with Crippen molar-refractivity contribution in [3.63, 3.8) is 0 Å². The maximum atomic E-state index is 12.5. The van der Waals surface area contributed by atoms with Crippen LogP contribution < -0.4 is 10.0 Å². The molecule has 0 aromatic heterocycles. The predicted octanol–water partition coefficient (Wildman–Crippen LogP) is 3.37. The van der Waals surface area contributed by atoms with Gasteiger partial charge in [-0.2, -0.15) is 0 Å². The molecule has 0 aliphatic carbocycles. The SMILES string of the molecule is CC(=O)Nc1ccc(S(=O)(=O)Nc2cc(C)c(C)cc2C)cc1. The molecule has 0 unspecified atom stereocenters. The number of carbonyl (C=O) groups excluding carboxylic acids is 1. The molecule has 0 aliphatic rings. The Morgan fingerprint density at radius 1 is 0.913 bits per heavy atom. The molecule has 1 amide bonds. The van der Waals surface area contributed by atoms with Crippen LogP contribution in [0.5, 0.6) is 0 Å². The van der Waals surface area contributed by atoms with Gasteiger partial charge in [0.15, 0.2) is 0 Å². The Balaban J connectivity index is 2.28. The first-order chi connectivity index (χ1) is 10.7. The molecule has 23 heavy (non-hydrogen) atoms. The first-order valence-corrected chi connectivity index (χ1v) is 8.65. The van der Waals surface area contributed by atoms with Gasteiger partial charge >= 0.3 is 0 Å². The van der Waals surface area contributed by atoms with Crippen LogP contribution in [0.1, 0.15) is 23.6 Å². The molecule has 0 saturated heterocycles. The Morgan fingerprint density at radius 2 is 1.48 bits per heavy atom. The van der Waals surface area contributed by atoms with E-state index in [0.29, 0.717) is 11.4 Å². The largest absolute Gasteiger partial charge is 0.326 e. The average Bonchev–Trinajstić information content (AvgIpc) is 2.44. The third kappa shape index (κ3) is 4.10. The van der Waals surface area contributed by atoms with E-state index in [1.165, 1.54) is 19.1 Å². The van der Waals surface area contributed by atoms with Gasteiger partial charge in [-0.3, -0.25) is 9.52 Å². The molecule has 0 aliphatic heterocycles. The van der Waals surface area contributed by atoms with E-state index in [4.69, 9.17) is 0 Å². The summed E-state index contributed by atoms with van der Waals surface area (Å²) >= 11 is 0. The van der Waals surface area contributed by atoms with Crippen LogP contribution in [-0.4, -0.2) is 14.3 Å². The fourth-order valence-corrected chi connectivity index (χ4v) is 3.32. The highest BCUT2D eigenvalue weighted by Gasteiger charge is 2.15. The molecule has 0 atom stereocenters. The highest BCUT2D eigenvalue weighted by atomic mass is 32.2. The Morgan fingerprint density at radius 3 is 2.04 bits per heavy atom. The van der Waals surface area contributed by atoms with Crippen LogP contribution in [0, 0.1) is 20.8 Å². The number of hydrogen-bond acceptors (Lipinski definition) is 3. The van der Waals surface area contributed by atoms with Gasteiger partial charge in [0, 0.05) is 12.6 Å². The molecule has 0 fully saturated rings. The van der Waals surface area contributed by atoms with Gasteiger partial charge in [-0.1, -0.05) is 6.07 Å². The molecule has 6 heteroatoms. The molecule has 2 aromatic rings. The van der Waals surface area contributed by atoms with E-state index in [1.807, 2.05) is 32.9 Å². The summed E-state index contributed by atoms with van der Waals surface area (Å²) in [6, 6.07) is 9.82. The zero-order valence-corrected chi connectivity index (χ0v) is 14.4. The van der Waals surface area contributed by atoms with Gasteiger partial charge in [-0.05, 0) is 67.8 Å². The highest BCUT2D eigenvalue weighted by molar-refractivity contribution is 7.92. The molecule has 2 aromatic carbocycles. The molecule has 0 heterocycles. The van der Waals surface area contributed by atoms with E-state index < -0.39 is 10.0 Å². The Kier molecular flexibility index (Phi) is 4.75. The molecule has 122 valence electrons. The average molecular weight is 332 g/mol. The van der Waals surface area contributed by atoms with Crippen molar-refractivity contribution in [3.8, 4) is 0 Å².